The van der Waals surface area contributed by atoms with E-state index in [9.17, 15) is 13.9 Å². The Hall–Kier alpha value is -1.45. The summed E-state index contributed by atoms with van der Waals surface area (Å²) in [5, 5.41) is 10.5. The van der Waals surface area contributed by atoms with Crippen molar-refractivity contribution in [1.82, 2.24) is 0 Å². The van der Waals surface area contributed by atoms with E-state index < -0.39 is 17.7 Å². The van der Waals surface area contributed by atoms with Gasteiger partial charge in [0.2, 0.25) is 0 Å². The highest BCUT2D eigenvalue weighted by Gasteiger charge is 2.12. The van der Waals surface area contributed by atoms with Gasteiger partial charge in [0.15, 0.2) is 11.6 Å². The molecular formula is C13H9ClF2O. The molecule has 0 bridgehead atoms. The smallest absolute Gasteiger partial charge is 0.159 e. The van der Waals surface area contributed by atoms with Gasteiger partial charge in [0.05, 0.1) is 0 Å². The monoisotopic (exact) mass is 254 g/mol. The van der Waals surface area contributed by atoms with Crippen molar-refractivity contribution in [1.29, 1.82) is 0 Å². The number of aliphatic hydroxyl groups excluding tert-OH is 1. The van der Waals surface area contributed by atoms with Crippen LogP contribution in [-0.2, 0) is 0 Å². The summed E-state index contributed by atoms with van der Waals surface area (Å²) in [6.45, 7) is 0. The van der Waals surface area contributed by atoms with Gasteiger partial charge in [-0.1, -0.05) is 29.8 Å². The van der Waals surface area contributed by atoms with Crippen molar-refractivity contribution in [3.63, 3.8) is 0 Å². The predicted molar refractivity (Wildman–Crippen MR) is 61.9 cm³/mol. The molecule has 1 N–H and O–H groups in total. The first-order valence-corrected chi connectivity index (χ1v) is 5.34. The van der Waals surface area contributed by atoms with E-state index in [1.807, 2.05) is 0 Å². The molecule has 0 aliphatic heterocycles. The van der Waals surface area contributed by atoms with Crippen LogP contribution >= 0.6 is 11.6 Å². The predicted octanol–water partition coefficient (Wildman–Crippen LogP) is 3.70. The SMILES string of the molecule is OC(c1ccc(Cl)cc1)c1ccc(F)c(F)c1. The van der Waals surface area contributed by atoms with Crippen LogP contribution in [0.4, 0.5) is 8.78 Å². The number of aliphatic hydroxyl groups is 1. The van der Waals surface area contributed by atoms with Crippen molar-refractivity contribution in [2.45, 2.75) is 6.10 Å². The van der Waals surface area contributed by atoms with E-state index in [0.717, 1.165) is 12.1 Å². The molecule has 4 heteroatoms. The molecule has 17 heavy (non-hydrogen) atoms. The maximum absolute atomic E-state index is 13.0. The molecule has 0 aliphatic rings. The average molecular weight is 255 g/mol. The van der Waals surface area contributed by atoms with Crippen LogP contribution in [0.5, 0.6) is 0 Å². The summed E-state index contributed by atoms with van der Waals surface area (Å²) in [6, 6.07) is 9.83. The molecule has 1 atom stereocenters. The Kier molecular flexibility index (Phi) is 3.41. The Balaban J connectivity index is 2.33. The van der Waals surface area contributed by atoms with Crippen LogP contribution < -0.4 is 0 Å². The summed E-state index contributed by atoms with van der Waals surface area (Å²) in [5.41, 5.74) is 0.867. The fourth-order valence-electron chi connectivity index (χ4n) is 1.52. The molecule has 0 amide bonds. The van der Waals surface area contributed by atoms with Gasteiger partial charge >= 0.3 is 0 Å². The second kappa shape index (κ2) is 4.82. The summed E-state index contributed by atoms with van der Waals surface area (Å²) in [5.74, 6) is -1.91. The van der Waals surface area contributed by atoms with Gasteiger partial charge in [-0.2, -0.15) is 0 Å². The van der Waals surface area contributed by atoms with Crippen molar-refractivity contribution in [3.05, 3.63) is 70.2 Å². The number of hydrogen-bond donors (Lipinski definition) is 1. The summed E-state index contributed by atoms with van der Waals surface area (Å²) >= 11 is 5.72. The van der Waals surface area contributed by atoms with E-state index in [1.165, 1.54) is 6.07 Å². The fraction of sp³-hybridized carbons (Fsp3) is 0.0769. The molecule has 0 aromatic heterocycles. The van der Waals surface area contributed by atoms with Crippen LogP contribution in [0.3, 0.4) is 0 Å². The zero-order chi connectivity index (χ0) is 12.4. The van der Waals surface area contributed by atoms with Gasteiger partial charge in [-0.05, 0) is 35.4 Å². The van der Waals surface area contributed by atoms with Gasteiger partial charge in [-0.15, -0.1) is 0 Å². The third-order valence-electron chi connectivity index (χ3n) is 2.45. The Morgan fingerprint density at radius 1 is 0.882 bits per heavy atom. The molecule has 0 saturated heterocycles. The quantitative estimate of drug-likeness (QED) is 0.866. The second-order valence-electron chi connectivity index (χ2n) is 3.63. The third-order valence-corrected chi connectivity index (χ3v) is 2.70. The Labute approximate surface area is 102 Å². The number of hydrogen-bond acceptors (Lipinski definition) is 1. The third kappa shape index (κ3) is 2.62. The molecule has 88 valence electrons. The van der Waals surface area contributed by atoms with Crippen LogP contribution in [0.1, 0.15) is 17.2 Å². The topological polar surface area (TPSA) is 20.2 Å². The minimum absolute atomic E-state index is 0.297. The van der Waals surface area contributed by atoms with Gasteiger partial charge in [-0.25, -0.2) is 8.78 Å². The largest absolute Gasteiger partial charge is 0.384 e. The van der Waals surface area contributed by atoms with Gasteiger partial charge in [-0.3, -0.25) is 0 Å². The Morgan fingerprint density at radius 3 is 2.06 bits per heavy atom. The molecular weight excluding hydrogens is 246 g/mol. The van der Waals surface area contributed by atoms with Crippen molar-refractivity contribution >= 4 is 11.6 Å². The molecule has 0 fully saturated rings. The van der Waals surface area contributed by atoms with Crippen molar-refractivity contribution in [2.75, 3.05) is 0 Å². The van der Waals surface area contributed by atoms with E-state index in [-0.39, 0.29) is 0 Å². The fourth-order valence-corrected chi connectivity index (χ4v) is 1.65. The highest BCUT2D eigenvalue weighted by atomic mass is 35.5. The maximum atomic E-state index is 13.0. The van der Waals surface area contributed by atoms with Crippen molar-refractivity contribution in [2.24, 2.45) is 0 Å². The van der Waals surface area contributed by atoms with E-state index in [0.29, 0.717) is 16.1 Å². The highest BCUT2D eigenvalue weighted by Crippen LogP contribution is 2.24. The summed E-state index contributed by atoms with van der Waals surface area (Å²) in [4.78, 5) is 0. The van der Waals surface area contributed by atoms with Crippen LogP contribution in [0, 0.1) is 11.6 Å². The normalized spacial score (nSPS) is 12.5. The Bertz CT molecular complexity index is 525. The van der Waals surface area contributed by atoms with Gasteiger partial charge in [0, 0.05) is 5.02 Å². The molecule has 2 rings (SSSR count). The first kappa shape index (κ1) is 12.0. The summed E-state index contributed by atoms with van der Waals surface area (Å²) in [6.07, 6.45) is -0.998. The minimum Gasteiger partial charge on any atom is -0.384 e. The molecule has 0 aliphatic carbocycles. The molecule has 0 heterocycles. The molecule has 1 unspecified atom stereocenters. The van der Waals surface area contributed by atoms with Crippen LogP contribution in [0.25, 0.3) is 0 Å². The van der Waals surface area contributed by atoms with Gasteiger partial charge < -0.3 is 5.11 Å². The van der Waals surface area contributed by atoms with E-state index in [2.05, 4.69) is 0 Å². The minimum atomic E-state index is -0.998. The molecule has 0 spiro atoms. The van der Waals surface area contributed by atoms with Crippen molar-refractivity contribution in [3.8, 4) is 0 Å². The van der Waals surface area contributed by atoms with Gasteiger partial charge in [0.25, 0.3) is 0 Å². The lowest BCUT2D eigenvalue weighted by Crippen LogP contribution is -2.00. The lowest BCUT2D eigenvalue weighted by Gasteiger charge is -2.11. The van der Waals surface area contributed by atoms with Crippen LogP contribution in [-0.4, -0.2) is 5.11 Å². The first-order chi connectivity index (χ1) is 8.08. The van der Waals surface area contributed by atoms with Crippen molar-refractivity contribution < 1.29 is 13.9 Å². The number of rotatable bonds is 2. The van der Waals surface area contributed by atoms with E-state index in [1.54, 1.807) is 24.3 Å². The van der Waals surface area contributed by atoms with Gasteiger partial charge in [0.1, 0.15) is 6.10 Å². The van der Waals surface area contributed by atoms with Crippen LogP contribution in [0.15, 0.2) is 42.5 Å². The average Bonchev–Trinajstić information content (AvgIpc) is 2.33. The lowest BCUT2D eigenvalue weighted by molar-refractivity contribution is 0.219. The molecule has 2 aromatic carbocycles. The number of benzene rings is 2. The van der Waals surface area contributed by atoms with E-state index >= 15 is 0 Å². The standard InChI is InChI=1S/C13H9ClF2O/c14-10-4-1-8(2-5-10)13(17)9-3-6-11(15)12(16)7-9/h1-7,13,17H. The molecule has 0 radical (unpaired) electrons. The number of halogens is 3. The summed E-state index contributed by atoms with van der Waals surface area (Å²) in [7, 11) is 0. The highest BCUT2D eigenvalue weighted by molar-refractivity contribution is 6.30. The second-order valence-corrected chi connectivity index (χ2v) is 4.06. The lowest BCUT2D eigenvalue weighted by atomic mass is 10.0. The first-order valence-electron chi connectivity index (χ1n) is 4.96. The molecule has 2 aromatic rings. The molecule has 1 nitrogen and oxygen atoms in total. The van der Waals surface area contributed by atoms with Crippen LogP contribution in [0.2, 0.25) is 5.02 Å². The Morgan fingerprint density at radius 2 is 1.47 bits per heavy atom. The zero-order valence-corrected chi connectivity index (χ0v) is 9.46. The van der Waals surface area contributed by atoms with E-state index in [4.69, 9.17) is 11.6 Å². The molecule has 0 saturated carbocycles. The zero-order valence-electron chi connectivity index (χ0n) is 8.70. The summed E-state index contributed by atoms with van der Waals surface area (Å²) < 4.78 is 25.8. The maximum Gasteiger partial charge on any atom is 0.159 e.